The summed E-state index contributed by atoms with van der Waals surface area (Å²) in [6, 6.07) is 0.00167. The number of ether oxygens (including phenoxy) is 1. The number of carboxylic acids is 1. The van der Waals surface area contributed by atoms with Gasteiger partial charge in [-0.3, -0.25) is 9.69 Å². The maximum absolute atomic E-state index is 10.8. The molecule has 80 valence electrons. The zero-order valence-electron chi connectivity index (χ0n) is 8.02. The van der Waals surface area contributed by atoms with Gasteiger partial charge < -0.3 is 15.2 Å². The Morgan fingerprint density at radius 1 is 1.64 bits per heavy atom. The number of rotatable bonds is 3. The second-order valence-corrected chi connectivity index (χ2v) is 3.25. The van der Waals surface area contributed by atoms with Gasteiger partial charge in [-0.05, 0) is 6.42 Å². The summed E-state index contributed by atoms with van der Waals surface area (Å²) in [4.78, 5) is 23.0. The van der Waals surface area contributed by atoms with Crippen LogP contribution in [0.25, 0.3) is 0 Å². The van der Waals surface area contributed by atoms with Gasteiger partial charge in [0.2, 0.25) is 0 Å². The lowest BCUT2D eigenvalue weighted by Gasteiger charge is -2.13. The largest absolute Gasteiger partial charge is 0.480 e. The maximum atomic E-state index is 10.8. The average molecular weight is 202 g/mol. The molecule has 0 bridgehead atoms. The molecule has 0 aliphatic carbocycles. The van der Waals surface area contributed by atoms with Crippen molar-refractivity contribution in [2.24, 2.45) is 0 Å². The standard InChI is InChI=1S/C8H14N2O4/c1-14-8(13)9-6-2-3-10(4-6)5-7(11)12/h6H,2-5H2,1H3,(H,9,13)(H,11,12). The first-order chi connectivity index (χ1) is 6.61. The van der Waals surface area contributed by atoms with Crippen molar-refractivity contribution in [1.29, 1.82) is 0 Å². The van der Waals surface area contributed by atoms with Gasteiger partial charge in [-0.25, -0.2) is 4.79 Å². The number of amides is 1. The van der Waals surface area contributed by atoms with E-state index >= 15 is 0 Å². The van der Waals surface area contributed by atoms with Crippen LogP contribution in [0.1, 0.15) is 6.42 Å². The van der Waals surface area contributed by atoms with Crippen LogP contribution in [0.3, 0.4) is 0 Å². The molecule has 6 nitrogen and oxygen atoms in total. The zero-order valence-corrected chi connectivity index (χ0v) is 8.02. The van der Waals surface area contributed by atoms with E-state index in [-0.39, 0.29) is 12.6 Å². The number of hydrogen-bond donors (Lipinski definition) is 2. The summed E-state index contributed by atoms with van der Waals surface area (Å²) < 4.78 is 4.44. The quantitative estimate of drug-likeness (QED) is 0.645. The number of methoxy groups -OCH3 is 1. The first kappa shape index (κ1) is 10.8. The van der Waals surface area contributed by atoms with Gasteiger partial charge in [0.25, 0.3) is 0 Å². The highest BCUT2D eigenvalue weighted by atomic mass is 16.5. The van der Waals surface area contributed by atoms with E-state index in [1.807, 2.05) is 0 Å². The molecule has 6 heteroatoms. The number of aliphatic carboxylic acids is 1. The Labute approximate surface area is 81.8 Å². The summed E-state index contributed by atoms with van der Waals surface area (Å²) in [5.41, 5.74) is 0. The molecular weight excluding hydrogens is 188 g/mol. The van der Waals surface area contributed by atoms with Crippen molar-refractivity contribution >= 4 is 12.1 Å². The molecule has 0 saturated carbocycles. The molecule has 0 aromatic heterocycles. The van der Waals surface area contributed by atoms with Crippen LogP contribution in [0.2, 0.25) is 0 Å². The van der Waals surface area contributed by atoms with Gasteiger partial charge in [-0.2, -0.15) is 0 Å². The third-order valence-electron chi connectivity index (χ3n) is 2.14. The lowest BCUT2D eigenvalue weighted by atomic mass is 10.3. The average Bonchev–Trinajstić information content (AvgIpc) is 2.51. The lowest BCUT2D eigenvalue weighted by Crippen LogP contribution is -2.37. The normalized spacial score (nSPS) is 21.9. The Morgan fingerprint density at radius 2 is 2.36 bits per heavy atom. The van der Waals surface area contributed by atoms with Crippen LogP contribution in [-0.2, 0) is 9.53 Å². The molecule has 2 N–H and O–H groups in total. The SMILES string of the molecule is COC(=O)NC1CCN(CC(=O)O)C1. The number of nitrogens with one attached hydrogen (secondary N) is 1. The Balaban J connectivity index is 2.27. The predicted molar refractivity (Wildman–Crippen MR) is 48.0 cm³/mol. The molecule has 1 rings (SSSR count). The van der Waals surface area contributed by atoms with Crippen molar-refractivity contribution in [1.82, 2.24) is 10.2 Å². The Kier molecular flexibility index (Phi) is 3.70. The Morgan fingerprint density at radius 3 is 2.93 bits per heavy atom. The van der Waals surface area contributed by atoms with Crippen molar-refractivity contribution in [3.8, 4) is 0 Å². The highest BCUT2D eigenvalue weighted by Gasteiger charge is 2.25. The smallest absolute Gasteiger partial charge is 0.407 e. The first-order valence-corrected chi connectivity index (χ1v) is 4.40. The van der Waals surface area contributed by atoms with Crippen LogP contribution in [0, 0.1) is 0 Å². The summed E-state index contributed by atoms with van der Waals surface area (Å²) in [5, 5.41) is 11.2. The van der Waals surface area contributed by atoms with E-state index in [0.717, 1.165) is 6.42 Å². The number of carbonyl (C=O) groups excluding carboxylic acids is 1. The highest BCUT2D eigenvalue weighted by Crippen LogP contribution is 2.08. The van der Waals surface area contributed by atoms with Crippen molar-refractivity contribution < 1.29 is 19.4 Å². The Bertz CT molecular complexity index is 231. The van der Waals surface area contributed by atoms with Gasteiger partial charge in [-0.1, -0.05) is 0 Å². The molecule has 0 spiro atoms. The third kappa shape index (κ3) is 3.21. The number of carbonyl (C=O) groups is 2. The summed E-state index contributed by atoms with van der Waals surface area (Å²) >= 11 is 0. The topological polar surface area (TPSA) is 78.9 Å². The van der Waals surface area contributed by atoms with Crippen molar-refractivity contribution in [2.45, 2.75) is 12.5 Å². The lowest BCUT2D eigenvalue weighted by molar-refractivity contribution is -0.138. The summed E-state index contributed by atoms with van der Waals surface area (Å²) in [5.74, 6) is -0.844. The minimum Gasteiger partial charge on any atom is -0.480 e. The number of alkyl carbamates (subject to hydrolysis) is 1. The first-order valence-electron chi connectivity index (χ1n) is 4.40. The van der Waals surface area contributed by atoms with Crippen molar-refractivity contribution in [3.05, 3.63) is 0 Å². The van der Waals surface area contributed by atoms with E-state index in [4.69, 9.17) is 5.11 Å². The van der Waals surface area contributed by atoms with Crippen LogP contribution in [0.5, 0.6) is 0 Å². The van der Waals surface area contributed by atoms with Gasteiger partial charge in [0.1, 0.15) is 0 Å². The van der Waals surface area contributed by atoms with E-state index < -0.39 is 12.1 Å². The molecule has 1 heterocycles. The Hall–Kier alpha value is -1.30. The molecule has 1 aliphatic heterocycles. The second-order valence-electron chi connectivity index (χ2n) is 3.25. The van der Waals surface area contributed by atoms with Crippen LogP contribution in [-0.4, -0.2) is 54.9 Å². The third-order valence-corrected chi connectivity index (χ3v) is 2.14. The summed E-state index contributed by atoms with van der Waals surface area (Å²) in [7, 11) is 1.30. The molecule has 1 aliphatic rings. The van der Waals surface area contributed by atoms with E-state index in [2.05, 4.69) is 10.1 Å². The molecule has 1 amide bonds. The minimum atomic E-state index is -0.844. The summed E-state index contributed by atoms with van der Waals surface area (Å²) in [6.07, 6.45) is 0.301. The number of carboxylic acid groups (broad SMARTS) is 1. The molecule has 14 heavy (non-hydrogen) atoms. The predicted octanol–water partition coefficient (Wildman–Crippen LogP) is -0.499. The van der Waals surface area contributed by atoms with Crippen LogP contribution >= 0.6 is 0 Å². The number of hydrogen-bond acceptors (Lipinski definition) is 4. The molecule has 0 radical (unpaired) electrons. The summed E-state index contributed by atoms with van der Waals surface area (Å²) in [6.45, 7) is 1.29. The highest BCUT2D eigenvalue weighted by molar-refractivity contribution is 5.69. The van der Waals surface area contributed by atoms with Gasteiger partial charge >= 0.3 is 12.1 Å². The van der Waals surface area contributed by atoms with Crippen LogP contribution < -0.4 is 5.32 Å². The molecular formula is C8H14N2O4. The van der Waals surface area contributed by atoms with E-state index in [9.17, 15) is 9.59 Å². The van der Waals surface area contributed by atoms with Gasteiger partial charge in [0.05, 0.1) is 13.7 Å². The molecule has 0 aromatic rings. The van der Waals surface area contributed by atoms with E-state index in [1.165, 1.54) is 7.11 Å². The fraction of sp³-hybridized carbons (Fsp3) is 0.750. The molecule has 1 fully saturated rings. The zero-order chi connectivity index (χ0) is 10.6. The second kappa shape index (κ2) is 4.80. The van der Waals surface area contributed by atoms with Gasteiger partial charge in [0.15, 0.2) is 0 Å². The van der Waals surface area contributed by atoms with Crippen LogP contribution in [0.15, 0.2) is 0 Å². The van der Waals surface area contributed by atoms with Gasteiger partial charge in [-0.15, -0.1) is 0 Å². The fourth-order valence-corrected chi connectivity index (χ4v) is 1.51. The monoisotopic (exact) mass is 202 g/mol. The minimum absolute atomic E-state index is 0.00167. The number of likely N-dealkylation sites (tertiary alicyclic amines) is 1. The molecule has 1 saturated heterocycles. The van der Waals surface area contributed by atoms with Gasteiger partial charge in [0, 0.05) is 19.1 Å². The van der Waals surface area contributed by atoms with Crippen molar-refractivity contribution in [2.75, 3.05) is 26.7 Å². The fourth-order valence-electron chi connectivity index (χ4n) is 1.51. The van der Waals surface area contributed by atoms with Crippen molar-refractivity contribution in [3.63, 3.8) is 0 Å². The van der Waals surface area contributed by atoms with E-state index in [1.54, 1.807) is 4.90 Å². The molecule has 0 aromatic carbocycles. The molecule has 1 atom stereocenters. The molecule has 1 unspecified atom stereocenters. The maximum Gasteiger partial charge on any atom is 0.407 e. The van der Waals surface area contributed by atoms with E-state index in [0.29, 0.717) is 13.1 Å². The number of nitrogens with zero attached hydrogens (tertiary/aromatic N) is 1. The van der Waals surface area contributed by atoms with Crippen LogP contribution in [0.4, 0.5) is 4.79 Å².